The Balaban J connectivity index is 1.52. The van der Waals surface area contributed by atoms with Crippen LogP contribution in [-0.2, 0) is 11.2 Å². The van der Waals surface area contributed by atoms with E-state index in [0.717, 1.165) is 11.4 Å². The smallest absolute Gasteiger partial charge is 0.233 e. The van der Waals surface area contributed by atoms with E-state index in [2.05, 4.69) is 15.1 Å². The molecular weight excluding hydrogens is 323 g/mol. The number of ether oxygens (including phenoxy) is 1. The highest BCUT2D eigenvalue weighted by molar-refractivity contribution is 5.79. The summed E-state index contributed by atoms with van der Waals surface area (Å²) in [5.41, 5.74) is 0.825. The number of carbonyl (C=O) groups excluding carboxylic acids is 1. The molecule has 0 saturated carbocycles. The maximum Gasteiger partial charge on any atom is 0.233 e. The summed E-state index contributed by atoms with van der Waals surface area (Å²) >= 11 is 0. The van der Waals surface area contributed by atoms with Gasteiger partial charge in [-0.25, -0.2) is 4.39 Å². The third-order valence-corrected chi connectivity index (χ3v) is 4.14. The standard InChI is InChI=1S/C18H21FN4O2/c1-2-25-17-8-7-16(20-21-17)22-9-11-23(12-10-22)18(24)13-14-3-5-15(19)6-4-14/h3-8H,2,9-13H2,1H3. The van der Waals surface area contributed by atoms with Gasteiger partial charge in [0, 0.05) is 32.2 Å². The number of piperazine rings is 1. The van der Waals surface area contributed by atoms with Gasteiger partial charge in [-0.3, -0.25) is 4.79 Å². The lowest BCUT2D eigenvalue weighted by molar-refractivity contribution is -0.130. The molecule has 0 aliphatic carbocycles. The van der Waals surface area contributed by atoms with Crippen LogP contribution in [-0.4, -0.2) is 53.8 Å². The van der Waals surface area contributed by atoms with Gasteiger partial charge in [0.05, 0.1) is 13.0 Å². The minimum atomic E-state index is -0.290. The topological polar surface area (TPSA) is 58.6 Å². The highest BCUT2D eigenvalue weighted by atomic mass is 19.1. The van der Waals surface area contributed by atoms with Crippen molar-refractivity contribution in [2.75, 3.05) is 37.7 Å². The van der Waals surface area contributed by atoms with E-state index in [0.29, 0.717) is 45.1 Å². The third-order valence-electron chi connectivity index (χ3n) is 4.14. The molecule has 132 valence electrons. The van der Waals surface area contributed by atoms with Gasteiger partial charge in [0.1, 0.15) is 5.82 Å². The van der Waals surface area contributed by atoms with Crippen molar-refractivity contribution in [3.05, 3.63) is 47.8 Å². The highest BCUT2D eigenvalue weighted by Gasteiger charge is 2.22. The van der Waals surface area contributed by atoms with Crippen molar-refractivity contribution in [2.24, 2.45) is 0 Å². The molecule has 2 heterocycles. The molecule has 0 radical (unpaired) electrons. The Morgan fingerprint density at radius 1 is 1.08 bits per heavy atom. The predicted molar refractivity (Wildman–Crippen MR) is 92.1 cm³/mol. The summed E-state index contributed by atoms with van der Waals surface area (Å²) < 4.78 is 18.2. The summed E-state index contributed by atoms with van der Waals surface area (Å²) in [5.74, 6) is 1.07. The quantitative estimate of drug-likeness (QED) is 0.829. The first-order chi connectivity index (χ1) is 12.2. The molecule has 0 bridgehead atoms. The van der Waals surface area contributed by atoms with Gasteiger partial charge in [0.2, 0.25) is 11.8 Å². The summed E-state index contributed by atoms with van der Waals surface area (Å²) in [6.07, 6.45) is 0.295. The monoisotopic (exact) mass is 344 g/mol. The van der Waals surface area contributed by atoms with Crippen LogP contribution >= 0.6 is 0 Å². The molecule has 1 aromatic carbocycles. The molecule has 2 aromatic rings. The summed E-state index contributed by atoms with van der Waals surface area (Å²) in [6.45, 7) is 5.14. The Kier molecular flexibility index (Phi) is 5.42. The maximum absolute atomic E-state index is 12.9. The van der Waals surface area contributed by atoms with Crippen LogP contribution in [0.2, 0.25) is 0 Å². The molecule has 1 amide bonds. The lowest BCUT2D eigenvalue weighted by Crippen LogP contribution is -2.49. The van der Waals surface area contributed by atoms with E-state index < -0.39 is 0 Å². The minimum Gasteiger partial charge on any atom is -0.477 e. The largest absolute Gasteiger partial charge is 0.477 e. The Morgan fingerprint density at radius 3 is 2.40 bits per heavy atom. The second-order valence-corrected chi connectivity index (χ2v) is 5.83. The zero-order valence-corrected chi connectivity index (χ0v) is 14.2. The first-order valence-electron chi connectivity index (χ1n) is 8.39. The van der Waals surface area contributed by atoms with Crippen LogP contribution in [0, 0.1) is 5.82 Å². The van der Waals surface area contributed by atoms with E-state index in [4.69, 9.17) is 4.74 Å². The molecule has 1 saturated heterocycles. The fraction of sp³-hybridized carbons (Fsp3) is 0.389. The van der Waals surface area contributed by atoms with Crippen LogP contribution in [0.15, 0.2) is 36.4 Å². The van der Waals surface area contributed by atoms with Crippen LogP contribution in [0.1, 0.15) is 12.5 Å². The number of benzene rings is 1. The molecule has 25 heavy (non-hydrogen) atoms. The predicted octanol–water partition coefficient (Wildman–Crippen LogP) is 1.91. The molecular formula is C18H21FN4O2. The summed E-state index contributed by atoms with van der Waals surface area (Å²) in [4.78, 5) is 16.3. The first kappa shape index (κ1) is 17.1. The van der Waals surface area contributed by atoms with Crippen molar-refractivity contribution >= 4 is 11.7 Å². The van der Waals surface area contributed by atoms with Crippen molar-refractivity contribution in [3.63, 3.8) is 0 Å². The van der Waals surface area contributed by atoms with Crippen molar-refractivity contribution in [3.8, 4) is 5.88 Å². The number of hydrogen-bond donors (Lipinski definition) is 0. The number of anilines is 1. The minimum absolute atomic E-state index is 0.0593. The lowest BCUT2D eigenvalue weighted by Gasteiger charge is -2.35. The van der Waals surface area contributed by atoms with Crippen LogP contribution in [0.4, 0.5) is 10.2 Å². The van der Waals surface area contributed by atoms with Crippen molar-refractivity contribution in [1.29, 1.82) is 0 Å². The van der Waals surface area contributed by atoms with E-state index in [9.17, 15) is 9.18 Å². The molecule has 1 aliphatic rings. The SMILES string of the molecule is CCOc1ccc(N2CCN(C(=O)Cc3ccc(F)cc3)CC2)nn1. The number of carbonyl (C=O) groups is 1. The van der Waals surface area contributed by atoms with Gasteiger partial charge in [-0.15, -0.1) is 10.2 Å². The van der Waals surface area contributed by atoms with Gasteiger partial charge in [0.25, 0.3) is 0 Å². The van der Waals surface area contributed by atoms with Gasteiger partial charge >= 0.3 is 0 Å². The fourth-order valence-corrected chi connectivity index (χ4v) is 2.78. The van der Waals surface area contributed by atoms with Crippen LogP contribution < -0.4 is 9.64 Å². The average Bonchev–Trinajstić information content (AvgIpc) is 2.65. The van der Waals surface area contributed by atoms with Crippen molar-refractivity contribution in [2.45, 2.75) is 13.3 Å². The summed E-state index contributed by atoms with van der Waals surface area (Å²) in [6, 6.07) is 9.75. The van der Waals surface area contributed by atoms with E-state index in [-0.39, 0.29) is 11.7 Å². The number of hydrogen-bond acceptors (Lipinski definition) is 5. The number of amides is 1. The first-order valence-corrected chi connectivity index (χ1v) is 8.39. The fourth-order valence-electron chi connectivity index (χ4n) is 2.78. The molecule has 7 heteroatoms. The zero-order valence-electron chi connectivity index (χ0n) is 14.2. The van der Waals surface area contributed by atoms with Gasteiger partial charge in [-0.05, 0) is 30.7 Å². The molecule has 0 N–H and O–H groups in total. The van der Waals surface area contributed by atoms with Gasteiger partial charge in [-0.1, -0.05) is 12.1 Å². The average molecular weight is 344 g/mol. The molecule has 0 spiro atoms. The molecule has 1 fully saturated rings. The lowest BCUT2D eigenvalue weighted by atomic mass is 10.1. The second kappa shape index (κ2) is 7.92. The van der Waals surface area contributed by atoms with Gasteiger partial charge in [-0.2, -0.15) is 0 Å². The Bertz CT molecular complexity index is 698. The normalized spacial score (nSPS) is 14.5. The Hall–Kier alpha value is -2.70. The second-order valence-electron chi connectivity index (χ2n) is 5.83. The molecule has 1 aliphatic heterocycles. The molecule has 6 nitrogen and oxygen atoms in total. The van der Waals surface area contributed by atoms with Crippen LogP contribution in [0.3, 0.4) is 0 Å². The number of aromatic nitrogens is 2. The van der Waals surface area contributed by atoms with Crippen LogP contribution in [0.25, 0.3) is 0 Å². The van der Waals surface area contributed by atoms with Gasteiger partial charge < -0.3 is 14.5 Å². The molecule has 0 atom stereocenters. The summed E-state index contributed by atoms with van der Waals surface area (Å²) in [5, 5.41) is 8.21. The van der Waals surface area contributed by atoms with E-state index >= 15 is 0 Å². The number of halogens is 1. The van der Waals surface area contributed by atoms with Gasteiger partial charge in [0.15, 0.2) is 5.82 Å². The maximum atomic E-state index is 12.9. The molecule has 0 unspecified atom stereocenters. The Morgan fingerprint density at radius 2 is 1.80 bits per heavy atom. The third kappa shape index (κ3) is 4.43. The van der Waals surface area contributed by atoms with Crippen LogP contribution in [0.5, 0.6) is 5.88 Å². The van der Waals surface area contributed by atoms with E-state index in [1.807, 2.05) is 17.9 Å². The molecule has 3 rings (SSSR count). The van der Waals surface area contributed by atoms with Crippen molar-refractivity contribution in [1.82, 2.24) is 15.1 Å². The number of nitrogens with zero attached hydrogens (tertiary/aromatic N) is 4. The number of rotatable bonds is 5. The summed E-state index contributed by atoms with van der Waals surface area (Å²) in [7, 11) is 0. The van der Waals surface area contributed by atoms with E-state index in [1.54, 1.807) is 18.2 Å². The Labute approximate surface area is 146 Å². The van der Waals surface area contributed by atoms with Crippen molar-refractivity contribution < 1.29 is 13.9 Å². The van der Waals surface area contributed by atoms with E-state index in [1.165, 1.54) is 12.1 Å². The molecule has 1 aromatic heterocycles. The zero-order chi connectivity index (χ0) is 17.6. The highest BCUT2D eigenvalue weighted by Crippen LogP contribution is 2.16.